The summed E-state index contributed by atoms with van der Waals surface area (Å²) in [6.07, 6.45) is 3.20. The van der Waals surface area contributed by atoms with Crippen LogP contribution in [0.3, 0.4) is 0 Å². The van der Waals surface area contributed by atoms with Gasteiger partial charge in [-0.1, -0.05) is 76.2 Å². The third-order valence-electron chi connectivity index (χ3n) is 5.53. The van der Waals surface area contributed by atoms with Crippen molar-refractivity contribution in [3.05, 3.63) is 116 Å². The zero-order valence-corrected chi connectivity index (χ0v) is 22.2. The molecule has 1 aliphatic heterocycles. The van der Waals surface area contributed by atoms with E-state index >= 15 is 0 Å². The van der Waals surface area contributed by atoms with Crippen LogP contribution in [-0.4, -0.2) is 34.3 Å². The van der Waals surface area contributed by atoms with Crippen molar-refractivity contribution in [1.82, 2.24) is 9.80 Å². The van der Waals surface area contributed by atoms with Crippen molar-refractivity contribution >= 4 is 63.8 Å². The van der Waals surface area contributed by atoms with Gasteiger partial charge in [0, 0.05) is 38.1 Å². The maximum Gasteiger partial charge on any atom is 0.182 e. The van der Waals surface area contributed by atoms with E-state index in [4.69, 9.17) is 62.7 Å². The highest BCUT2D eigenvalue weighted by atomic mass is 35.5. The molecular formula is C26H21Cl5N2O2. The molecule has 0 radical (unpaired) electrons. The summed E-state index contributed by atoms with van der Waals surface area (Å²) in [4.78, 5) is 16.5. The highest BCUT2D eigenvalue weighted by Crippen LogP contribution is 2.33. The van der Waals surface area contributed by atoms with Crippen molar-refractivity contribution in [3.63, 3.8) is 0 Å². The second-order valence-corrected chi connectivity index (χ2v) is 10.2. The molecule has 1 aliphatic rings. The Labute approximate surface area is 229 Å². The van der Waals surface area contributed by atoms with E-state index in [-0.39, 0.29) is 18.9 Å². The molecule has 4 nitrogen and oxygen atoms in total. The van der Waals surface area contributed by atoms with Gasteiger partial charge in [0.15, 0.2) is 5.78 Å². The van der Waals surface area contributed by atoms with Gasteiger partial charge in [0.2, 0.25) is 0 Å². The fraction of sp³-hybridized carbons (Fsp3) is 0.192. The predicted molar refractivity (Wildman–Crippen MR) is 143 cm³/mol. The fourth-order valence-electron chi connectivity index (χ4n) is 3.64. The van der Waals surface area contributed by atoms with Crippen LogP contribution in [0.4, 0.5) is 0 Å². The molecule has 182 valence electrons. The lowest BCUT2D eigenvalue weighted by atomic mass is 10.1. The van der Waals surface area contributed by atoms with Crippen LogP contribution in [0.1, 0.15) is 27.6 Å². The number of hydrogen-bond donors (Lipinski definition) is 0. The van der Waals surface area contributed by atoms with Crippen LogP contribution in [0.5, 0.6) is 0 Å². The van der Waals surface area contributed by atoms with Gasteiger partial charge >= 0.3 is 0 Å². The molecule has 0 bridgehead atoms. The number of carbonyl (C=O) groups excluding carboxylic acids is 1. The second kappa shape index (κ2) is 11.9. The van der Waals surface area contributed by atoms with Gasteiger partial charge in [-0.25, -0.2) is 0 Å². The predicted octanol–water partition coefficient (Wildman–Crippen LogP) is 8.05. The highest BCUT2D eigenvalue weighted by molar-refractivity contribution is 6.35. The molecule has 9 heteroatoms. The number of benzene rings is 3. The summed E-state index contributed by atoms with van der Waals surface area (Å²) in [5.74, 6) is -0.0119. The van der Waals surface area contributed by atoms with Gasteiger partial charge in [-0.3, -0.25) is 4.79 Å². The minimum Gasteiger partial charge on any atom is -0.365 e. The monoisotopic (exact) mass is 568 g/mol. The largest absolute Gasteiger partial charge is 0.365 e. The zero-order chi connectivity index (χ0) is 24.9. The van der Waals surface area contributed by atoms with E-state index in [1.807, 2.05) is 40.4 Å². The van der Waals surface area contributed by atoms with Crippen molar-refractivity contribution in [2.24, 2.45) is 0 Å². The number of Topliss-reactive ketones (excluding diaryl/α,β-unsaturated/α-hetero) is 1. The lowest BCUT2D eigenvalue weighted by molar-refractivity contribution is 0.00699. The van der Waals surface area contributed by atoms with Crippen molar-refractivity contribution in [2.75, 3.05) is 13.2 Å². The maximum absolute atomic E-state index is 12.7. The van der Waals surface area contributed by atoms with E-state index in [0.29, 0.717) is 32.3 Å². The molecule has 0 amide bonds. The van der Waals surface area contributed by atoms with Gasteiger partial charge in [0.25, 0.3) is 0 Å². The molecular weight excluding hydrogens is 550 g/mol. The molecule has 0 saturated heterocycles. The van der Waals surface area contributed by atoms with E-state index in [0.717, 1.165) is 11.1 Å². The van der Waals surface area contributed by atoms with Crippen molar-refractivity contribution in [3.8, 4) is 0 Å². The lowest BCUT2D eigenvalue weighted by Gasteiger charge is -2.31. The van der Waals surface area contributed by atoms with Gasteiger partial charge in [-0.15, -0.1) is 0 Å². The molecule has 3 aromatic carbocycles. The Hall–Kier alpha value is -1.92. The Bertz CT molecular complexity index is 1200. The summed E-state index contributed by atoms with van der Waals surface area (Å²) in [5, 5.41) is 2.28. The average molecular weight is 571 g/mol. The van der Waals surface area contributed by atoms with E-state index in [9.17, 15) is 4.79 Å². The maximum atomic E-state index is 12.7. The standard InChI is InChI=1S/C26H21Cl5N2O2/c27-20-6-1-17(2-7-20)24(34)14-32-11-12-33(16-32)26(31)25(18-3-8-21(28)9-4-18)35-15-19-5-10-22(29)13-23(19)30/h1-13,25-26H,14-16H2. The molecule has 3 aromatic rings. The quantitative estimate of drug-likeness (QED) is 0.148. The van der Waals surface area contributed by atoms with E-state index in [1.165, 1.54) is 0 Å². The molecule has 1 heterocycles. The van der Waals surface area contributed by atoms with Crippen LogP contribution in [-0.2, 0) is 11.3 Å². The molecule has 35 heavy (non-hydrogen) atoms. The summed E-state index contributed by atoms with van der Waals surface area (Å²) in [5.41, 5.74) is 1.70. The third kappa shape index (κ3) is 6.85. The van der Waals surface area contributed by atoms with Gasteiger partial charge < -0.3 is 14.5 Å². The minimum absolute atomic E-state index is 0.0119. The van der Waals surface area contributed by atoms with Crippen LogP contribution in [0.25, 0.3) is 0 Å². The number of ketones is 1. The SMILES string of the molecule is O=C(CN1C=CN(C(Cl)C(OCc2ccc(Cl)cc2Cl)c2ccc(Cl)cc2)C1)c1ccc(Cl)cc1. The van der Waals surface area contributed by atoms with Gasteiger partial charge in [-0.2, -0.15) is 0 Å². The molecule has 4 rings (SSSR count). The van der Waals surface area contributed by atoms with E-state index < -0.39 is 11.6 Å². The first-order valence-corrected chi connectivity index (χ1v) is 12.7. The van der Waals surface area contributed by atoms with Crippen molar-refractivity contribution < 1.29 is 9.53 Å². The first-order chi connectivity index (χ1) is 16.8. The molecule has 0 spiro atoms. The van der Waals surface area contributed by atoms with Gasteiger partial charge in [-0.05, 0) is 59.7 Å². The molecule has 0 fully saturated rings. The first kappa shape index (κ1) is 26.2. The molecule has 0 N–H and O–H groups in total. The van der Waals surface area contributed by atoms with Gasteiger partial charge in [0.1, 0.15) is 11.6 Å². The van der Waals surface area contributed by atoms with E-state index in [1.54, 1.807) is 48.5 Å². The van der Waals surface area contributed by atoms with Crippen LogP contribution in [0, 0.1) is 0 Å². The van der Waals surface area contributed by atoms with Crippen LogP contribution in [0.2, 0.25) is 20.1 Å². The smallest absolute Gasteiger partial charge is 0.182 e. The minimum atomic E-state index is -0.561. The molecule has 2 unspecified atom stereocenters. The summed E-state index contributed by atoms with van der Waals surface area (Å²) >= 11 is 31.3. The molecule has 0 aliphatic carbocycles. The Kier molecular flexibility index (Phi) is 8.87. The van der Waals surface area contributed by atoms with Gasteiger partial charge in [0.05, 0.1) is 19.8 Å². The number of rotatable bonds is 9. The van der Waals surface area contributed by atoms with Crippen LogP contribution >= 0.6 is 58.0 Å². The number of carbonyl (C=O) groups is 1. The highest BCUT2D eigenvalue weighted by Gasteiger charge is 2.30. The van der Waals surface area contributed by atoms with Crippen LogP contribution < -0.4 is 0 Å². The lowest BCUT2D eigenvalue weighted by Crippen LogP contribution is -2.37. The van der Waals surface area contributed by atoms with Crippen LogP contribution in [0.15, 0.2) is 79.1 Å². The summed E-state index contributed by atoms with van der Waals surface area (Å²) in [6, 6.07) is 19.5. The molecule has 0 saturated carbocycles. The number of hydrogen-bond acceptors (Lipinski definition) is 4. The average Bonchev–Trinajstić information content (AvgIpc) is 3.30. The Morgan fingerprint density at radius 3 is 2.14 bits per heavy atom. The number of halogens is 5. The third-order valence-corrected chi connectivity index (χ3v) is 7.10. The first-order valence-electron chi connectivity index (χ1n) is 10.7. The summed E-state index contributed by atoms with van der Waals surface area (Å²) < 4.78 is 6.27. The second-order valence-electron chi connectivity index (χ2n) is 8.02. The fourth-order valence-corrected chi connectivity index (χ4v) is 4.70. The number of alkyl halides is 1. The number of ether oxygens (including phenoxy) is 1. The summed E-state index contributed by atoms with van der Waals surface area (Å²) in [6.45, 7) is 0.885. The topological polar surface area (TPSA) is 32.8 Å². The normalized spacial score (nSPS) is 14.9. The number of nitrogens with zero attached hydrogens (tertiary/aromatic N) is 2. The van der Waals surface area contributed by atoms with E-state index in [2.05, 4.69) is 0 Å². The Balaban J connectivity index is 1.45. The molecule has 2 atom stereocenters. The Morgan fingerprint density at radius 1 is 0.857 bits per heavy atom. The van der Waals surface area contributed by atoms with Crippen molar-refractivity contribution in [1.29, 1.82) is 0 Å². The summed E-state index contributed by atoms with van der Waals surface area (Å²) in [7, 11) is 0. The molecule has 0 aromatic heterocycles. The van der Waals surface area contributed by atoms with Crippen molar-refractivity contribution in [2.45, 2.75) is 18.2 Å². The zero-order valence-electron chi connectivity index (χ0n) is 18.4. The Morgan fingerprint density at radius 2 is 1.49 bits per heavy atom.